The lowest BCUT2D eigenvalue weighted by atomic mass is 10.0. The first-order valence-electron chi connectivity index (χ1n) is 5.94. The highest BCUT2D eigenvalue weighted by atomic mass is 16.6. The van der Waals surface area contributed by atoms with Gasteiger partial charge in [0.1, 0.15) is 5.58 Å². The lowest BCUT2D eigenvalue weighted by Crippen LogP contribution is -2.09. The molecule has 0 aliphatic rings. The third kappa shape index (κ3) is 1.85. The van der Waals surface area contributed by atoms with Gasteiger partial charge < -0.3 is 4.42 Å². The lowest BCUT2D eigenvalue weighted by Gasteiger charge is -2.06. The summed E-state index contributed by atoms with van der Waals surface area (Å²) < 4.78 is 5.02. The Bertz CT molecular complexity index is 853. The number of para-hydroxylation sites is 1. The first kappa shape index (κ1) is 12.1. The molecular formula is C15H9NO4. The molecule has 5 nitrogen and oxygen atoms in total. The number of hydrogen-bond acceptors (Lipinski definition) is 4. The predicted octanol–water partition coefficient (Wildman–Crippen LogP) is 3.37. The van der Waals surface area contributed by atoms with Gasteiger partial charge in [-0.1, -0.05) is 48.5 Å². The van der Waals surface area contributed by atoms with E-state index in [0.717, 1.165) is 0 Å². The Hall–Kier alpha value is -2.95. The number of nitrogens with zero attached hydrogens (tertiary/aromatic N) is 1. The van der Waals surface area contributed by atoms with Crippen molar-refractivity contribution in [1.82, 2.24) is 0 Å². The molecule has 2 aromatic carbocycles. The molecule has 0 N–H and O–H groups in total. The summed E-state index contributed by atoms with van der Waals surface area (Å²) >= 11 is 0. The van der Waals surface area contributed by atoms with Crippen molar-refractivity contribution in [3.63, 3.8) is 0 Å². The Morgan fingerprint density at radius 1 is 0.950 bits per heavy atom. The minimum atomic E-state index is -0.937. The summed E-state index contributed by atoms with van der Waals surface area (Å²) in [7, 11) is 0. The molecule has 3 rings (SSSR count). The quantitative estimate of drug-likeness (QED) is 0.405. The molecule has 0 saturated carbocycles. The van der Waals surface area contributed by atoms with E-state index in [0.29, 0.717) is 22.1 Å². The van der Waals surface area contributed by atoms with Gasteiger partial charge >= 0.3 is 11.3 Å². The molecule has 0 radical (unpaired) electrons. The van der Waals surface area contributed by atoms with Gasteiger partial charge in [0.15, 0.2) is 0 Å². The zero-order valence-electron chi connectivity index (χ0n) is 10.3. The molecule has 5 heteroatoms. The van der Waals surface area contributed by atoms with Crippen molar-refractivity contribution >= 4 is 16.7 Å². The molecule has 0 aliphatic heterocycles. The molecule has 0 atom stereocenters. The monoisotopic (exact) mass is 267 g/mol. The summed E-state index contributed by atoms with van der Waals surface area (Å²) in [5.41, 5.74) is -0.227. The SMILES string of the molecule is O=c1oc2ccccc2c(-c2ccccc2)c1[N+](=O)[O-]. The van der Waals surface area contributed by atoms with Crippen LogP contribution in [0.1, 0.15) is 0 Å². The van der Waals surface area contributed by atoms with Crippen LogP contribution in [0.15, 0.2) is 63.8 Å². The second-order valence-electron chi connectivity index (χ2n) is 4.23. The minimum absolute atomic E-state index is 0.294. The molecule has 3 aromatic rings. The van der Waals surface area contributed by atoms with Crippen LogP contribution in [0.4, 0.5) is 5.69 Å². The van der Waals surface area contributed by atoms with E-state index in [4.69, 9.17) is 4.42 Å². The molecule has 0 amide bonds. The number of nitro groups is 1. The maximum atomic E-state index is 11.9. The van der Waals surface area contributed by atoms with Crippen LogP contribution in [-0.2, 0) is 0 Å². The van der Waals surface area contributed by atoms with Crippen molar-refractivity contribution in [2.45, 2.75) is 0 Å². The van der Waals surface area contributed by atoms with Crippen LogP contribution in [-0.4, -0.2) is 4.92 Å². The van der Waals surface area contributed by atoms with E-state index in [9.17, 15) is 14.9 Å². The van der Waals surface area contributed by atoms with Gasteiger partial charge in [-0.3, -0.25) is 10.1 Å². The van der Waals surface area contributed by atoms with Gasteiger partial charge in [-0.2, -0.15) is 0 Å². The lowest BCUT2D eigenvalue weighted by molar-refractivity contribution is -0.386. The van der Waals surface area contributed by atoms with Crippen LogP contribution in [0.2, 0.25) is 0 Å². The van der Waals surface area contributed by atoms with Gasteiger partial charge in [0.25, 0.3) is 0 Å². The maximum absolute atomic E-state index is 11.9. The minimum Gasteiger partial charge on any atom is -0.418 e. The van der Waals surface area contributed by atoms with Gasteiger partial charge in [-0.05, 0) is 11.6 Å². The molecule has 0 aliphatic carbocycles. The Labute approximate surface area is 113 Å². The highest BCUT2D eigenvalue weighted by Crippen LogP contribution is 2.33. The van der Waals surface area contributed by atoms with E-state index in [2.05, 4.69) is 0 Å². The fourth-order valence-electron chi connectivity index (χ4n) is 2.20. The molecule has 98 valence electrons. The van der Waals surface area contributed by atoms with Crippen molar-refractivity contribution in [3.8, 4) is 11.1 Å². The smallest absolute Gasteiger partial charge is 0.415 e. The molecule has 0 bridgehead atoms. The van der Waals surface area contributed by atoms with Crippen LogP contribution in [0.25, 0.3) is 22.1 Å². The van der Waals surface area contributed by atoms with Crippen molar-refractivity contribution in [1.29, 1.82) is 0 Å². The third-order valence-corrected chi connectivity index (χ3v) is 3.03. The molecule has 1 aromatic heterocycles. The third-order valence-electron chi connectivity index (χ3n) is 3.03. The summed E-state index contributed by atoms with van der Waals surface area (Å²) in [6.07, 6.45) is 0. The van der Waals surface area contributed by atoms with Gasteiger partial charge in [-0.25, -0.2) is 4.79 Å². The van der Waals surface area contributed by atoms with Crippen LogP contribution in [0.3, 0.4) is 0 Å². The van der Waals surface area contributed by atoms with Crippen LogP contribution in [0.5, 0.6) is 0 Å². The summed E-state index contributed by atoms with van der Waals surface area (Å²) in [6.45, 7) is 0. The van der Waals surface area contributed by atoms with Crippen molar-refractivity contribution < 1.29 is 9.34 Å². The van der Waals surface area contributed by atoms with Gasteiger partial charge in [0.05, 0.1) is 10.5 Å². The zero-order valence-corrected chi connectivity index (χ0v) is 10.3. The molecule has 0 spiro atoms. The zero-order chi connectivity index (χ0) is 14.1. The molecule has 0 saturated heterocycles. The fourth-order valence-corrected chi connectivity index (χ4v) is 2.20. The van der Waals surface area contributed by atoms with Crippen LogP contribution < -0.4 is 5.63 Å². The standard InChI is InChI=1S/C15H9NO4/c17-15-14(16(18)19)13(10-6-2-1-3-7-10)11-8-4-5-9-12(11)20-15/h1-9H. The van der Waals surface area contributed by atoms with E-state index in [1.54, 1.807) is 48.5 Å². The summed E-state index contributed by atoms with van der Waals surface area (Å²) in [5.74, 6) is 0. The average molecular weight is 267 g/mol. The Morgan fingerprint density at radius 2 is 1.60 bits per heavy atom. The summed E-state index contributed by atoms with van der Waals surface area (Å²) in [4.78, 5) is 22.4. The van der Waals surface area contributed by atoms with Crippen LogP contribution in [0, 0.1) is 10.1 Å². The van der Waals surface area contributed by atoms with Crippen molar-refractivity contribution in [3.05, 3.63) is 75.1 Å². The largest absolute Gasteiger partial charge is 0.418 e. The molecule has 0 unspecified atom stereocenters. The van der Waals surface area contributed by atoms with Crippen LogP contribution >= 0.6 is 0 Å². The van der Waals surface area contributed by atoms with Gasteiger partial charge in [0, 0.05) is 5.39 Å². The second-order valence-corrected chi connectivity index (χ2v) is 4.23. The van der Waals surface area contributed by atoms with Crippen molar-refractivity contribution in [2.24, 2.45) is 0 Å². The summed E-state index contributed by atoms with van der Waals surface area (Å²) in [6, 6.07) is 15.6. The first-order valence-corrected chi connectivity index (χ1v) is 5.94. The highest BCUT2D eigenvalue weighted by molar-refractivity contribution is 5.97. The topological polar surface area (TPSA) is 73.3 Å². The highest BCUT2D eigenvalue weighted by Gasteiger charge is 2.25. The average Bonchev–Trinajstić information content (AvgIpc) is 2.46. The van der Waals surface area contributed by atoms with E-state index in [1.807, 2.05) is 6.07 Å². The Balaban J connectivity index is 2.52. The first-order chi connectivity index (χ1) is 9.68. The van der Waals surface area contributed by atoms with Gasteiger partial charge in [-0.15, -0.1) is 0 Å². The molecule has 20 heavy (non-hydrogen) atoms. The van der Waals surface area contributed by atoms with E-state index in [1.165, 1.54) is 0 Å². The molecular weight excluding hydrogens is 258 g/mol. The number of benzene rings is 2. The fraction of sp³-hybridized carbons (Fsp3) is 0. The van der Waals surface area contributed by atoms with Gasteiger partial charge in [0.2, 0.25) is 0 Å². The normalized spacial score (nSPS) is 10.6. The maximum Gasteiger partial charge on any atom is 0.415 e. The second kappa shape index (κ2) is 4.62. The predicted molar refractivity (Wildman–Crippen MR) is 74.6 cm³/mol. The number of rotatable bonds is 2. The van der Waals surface area contributed by atoms with E-state index < -0.39 is 16.2 Å². The van der Waals surface area contributed by atoms with E-state index in [-0.39, 0.29) is 0 Å². The Kier molecular flexibility index (Phi) is 2.80. The van der Waals surface area contributed by atoms with Crippen molar-refractivity contribution in [2.75, 3.05) is 0 Å². The molecule has 1 heterocycles. The summed E-state index contributed by atoms with van der Waals surface area (Å²) in [5, 5.41) is 11.8. The Morgan fingerprint density at radius 3 is 2.30 bits per heavy atom. The van der Waals surface area contributed by atoms with E-state index >= 15 is 0 Å². The number of hydrogen-bond donors (Lipinski definition) is 0. The number of fused-ring (bicyclic) bond motifs is 1. The molecule has 0 fully saturated rings.